The van der Waals surface area contributed by atoms with E-state index in [1.54, 1.807) is 13.1 Å². The Labute approximate surface area is 66.3 Å². The molecule has 1 aliphatic rings. The van der Waals surface area contributed by atoms with Crippen LogP contribution in [0.4, 0.5) is 0 Å². The summed E-state index contributed by atoms with van der Waals surface area (Å²) >= 11 is 0. The molecule has 3 heteroatoms. The number of rotatable bonds is 3. The topological polar surface area (TPSA) is 30.5 Å². The third kappa shape index (κ3) is 2.62. The van der Waals surface area contributed by atoms with Crippen molar-refractivity contribution in [2.75, 3.05) is 13.7 Å². The van der Waals surface area contributed by atoms with Gasteiger partial charge in [-0.05, 0) is 6.92 Å². The molecule has 1 heterocycles. The van der Waals surface area contributed by atoms with Gasteiger partial charge in [0.1, 0.15) is 12.4 Å². The van der Waals surface area contributed by atoms with E-state index >= 15 is 0 Å². The molecule has 0 fully saturated rings. The lowest BCUT2D eigenvalue weighted by Crippen LogP contribution is -2.16. The zero-order chi connectivity index (χ0) is 8.10. The SMILES string of the molecule is CNOCC1=CC#CC(C)O1. The lowest BCUT2D eigenvalue weighted by atomic mass is 10.3. The summed E-state index contributed by atoms with van der Waals surface area (Å²) in [5.41, 5.74) is 2.56. The van der Waals surface area contributed by atoms with E-state index in [4.69, 9.17) is 9.57 Å². The van der Waals surface area contributed by atoms with E-state index in [0.717, 1.165) is 5.76 Å². The highest BCUT2D eigenvalue weighted by atomic mass is 16.7. The zero-order valence-corrected chi connectivity index (χ0v) is 6.68. The van der Waals surface area contributed by atoms with Crippen LogP contribution >= 0.6 is 0 Å². The van der Waals surface area contributed by atoms with Crippen LogP contribution in [-0.4, -0.2) is 19.8 Å². The largest absolute Gasteiger partial charge is 0.479 e. The van der Waals surface area contributed by atoms with Gasteiger partial charge in [-0.1, -0.05) is 11.8 Å². The van der Waals surface area contributed by atoms with E-state index in [-0.39, 0.29) is 6.10 Å². The molecule has 0 radical (unpaired) electrons. The molecule has 0 spiro atoms. The Morgan fingerprint density at radius 3 is 3.27 bits per heavy atom. The molecule has 0 amide bonds. The summed E-state index contributed by atoms with van der Waals surface area (Å²) in [6.07, 6.45) is 1.70. The normalized spacial score (nSPS) is 21.3. The molecule has 60 valence electrons. The minimum Gasteiger partial charge on any atom is -0.479 e. The first-order valence-electron chi connectivity index (χ1n) is 3.48. The number of nitrogens with one attached hydrogen (secondary N) is 1. The molecule has 0 aromatic rings. The smallest absolute Gasteiger partial charge is 0.156 e. The van der Waals surface area contributed by atoms with Crippen molar-refractivity contribution in [2.45, 2.75) is 13.0 Å². The van der Waals surface area contributed by atoms with Crippen LogP contribution in [-0.2, 0) is 9.57 Å². The minimum atomic E-state index is -0.0181. The monoisotopic (exact) mass is 153 g/mol. The fourth-order valence-electron chi connectivity index (χ4n) is 0.749. The van der Waals surface area contributed by atoms with Gasteiger partial charge in [0.2, 0.25) is 0 Å². The number of hydroxylamine groups is 1. The van der Waals surface area contributed by atoms with Gasteiger partial charge in [0.05, 0.1) is 0 Å². The third-order valence-corrected chi connectivity index (χ3v) is 1.21. The van der Waals surface area contributed by atoms with Crippen molar-refractivity contribution in [2.24, 2.45) is 0 Å². The first-order valence-corrected chi connectivity index (χ1v) is 3.48. The summed E-state index contributed by atoms with van der Waals surface area (Å²) in [5.74, 6) is 6.48. The highest BCUT2D eigenvalue weighted by molar-refractivity contribution is 5.24. The molecule has 1 atom stereocenters. The first kappa shape index (κ1) is 8.12. The number of hydrogen-bond acceptors (Lipinski definition) is 3. The lowest BCUT2D eigenvalue weighted by molar-refractivity contribution is 0.0349. The maximum atomic E-state index is 5.31. The van der Waals surface area contributed by atoms with Gasteiger partial charge in [0.25, 0.3) is 0 Å². The van der Waals surface area contributed by atoms with Crippen LogP contribution in [0.2, 0.25) is 0 Å². The van der Waals surface area contributed by atoms with Gasteiger partial charge in [0, 0.05) is 13.1 Å². The molecule has 11 heavy (non-hydrogen) atoms. The Bertz CT molecular complexity index is 212. The average Bonchev–Trinajstić information content (AvgIpc) is 2.01. The van der Waals surface area contributed by atoms with Gasteiger partial charge >= 0.3 is 0 Å². The average molecular weight is 153 g/mol. The number of ether oxygens (including phenoxy) is 1. The van der Waals surface area contributed by atoms with Crippen LogP contribution < -0.4 is 5.48 Å². The van der Waals surface area contributed by atoms with Gasteiger partial charge in [0.15, 0.2) is 6.10 Å². The van der Waals surface area contributed by atoms with Crippen LogP contribution in [0.15, 0.2) is 11.8 Å². The van der Waals surface area contributed by atoms with Crippen LogP contribution in [0.25, 0.3) is 0 Å². The van der Waals surface area contributed by atoms with Crippen molar-refractivity contribution in [3.8, 4) is 11.8 Å². The Morgan fingerprint density at radius 2 is 2.64 bits per heavy atom. The fourth-order valence-corrected chi connectivity index (χ4v) is 0.749. The van der Waals surface area contributed by atoms with Gasteiger partial charge in [-0.3, -0.25) is 4.84 Å². The molecule has 0 aromatic heterocycles. The Morgan fingerprint density at radius 1 is 1.82 bits per heavy atom. The molecule has 0 bridgehead atoms. The predicted octanol–water partition coefficient (Wildman–Crippen LogP) is 0.443. The second-order valence-electron chi connectivity index (χ2n) is 2.15. The second kappa shape index (κ2) is 4.02. The zero-order valence-electron chi connectivity index (χ0n) is 6.68. The van der Waals surface area contributed by atoms with Crippen LogP contribution in [0, 0.1) is 11.8 Å². The Hall–Kier alpha value is -0.980. The Kier molecular flexibility index (Phi) is 2.96. The molecule has 1 rings (SSSR count). The lowest BCUT2D eigenvalue weighted by Gasteiger charge is -2.14. The van der Waals surface area contributed by atoms with E-state index in [9.17, 15) is 0 Å². The van der Waals surface area contributed by atoms with E-state index in [1.165, 1.54) is 0 Å². The highest BCUT2D eigenvalue weighted by Crippen LogP contribution is 2.05. The molecular formula is C8H11NO2. The van der Waals surface area contributed by atoms with Crippen LogP contribution in [0.5, 0.6) is 0 Å². The van der Waals surface area contributed by atoms with Gasteiger partial charge in [-0.2, -0.15) is 0 Å². The van der Waals surface area contributed by atoms with Crippen LogP contribution in [0.1, 0.15) is 6.92 Å². The van der Waals surface area contributed by atoms with Crippen molar-refractivity contribution in [3.05, 3.63) is 11.8 Å². The Balaban J connectivity index is 2.37. The summed E-state index contributed by atoms with van der Waals surface area (Å²) < 4.78 is 5.31. The van der Waals surface area contributed by atoms with Gasteiger partial charge in [-0.15, -0.1) is 0 Å². The standard InChI is InChI=1S/C8H11NO2/c1-7-4-3-5-8(11-7)6-10-9-2/h5,7,9H,6H2,1-2H3. The van der Waals surface area contributed by atoms with E-state index < -0.39 is 0 Å². The van der Waals surface area contributed by atoms with Crippen molar-refractivity contribution in [1.29, 1.82) is 0 Å². The van der Waals surface area contributed by atoms with Gasteiger partial charge < -0.3 is 4.74 Å². The summed E-state index contributed by atoms with van der Waals surface area (Å²) in [6, 6.07) is 0. The first-order chi connectivity index (χ1) is 5.33. The summed E-state index contributed by atoms with van der Waals surface area (Å²) in [7, 11) is 1.71. The summed E-state index contributed by atoms with van der Waals surface area (Å²) in [5, 5.41) is 0. The molecule has 3 nitrogen and oxygen atoms in total. The van der Waals surface area contributed by atoms with Crippen molar-refractivity contribution in [3.63, 3.8) is 0 Å². The summed E-state index contributed by atoms with van der Waals surface area (Å²) in [6.45, 7) is 2.33. The van der Waals surface area contributed by atoms with E-state index in [1.807, 2.05) is 6.92 Å². The molecule has 0 aromatic carbocycles. The molecule has 1 N–H and O–H groups in total. The molecule has 0 aliphatic carbocycles. The highest BCUT2D eigenvalue weighted by Gasteiger charge is 2.05. The molecular weight excluding hydrogens is 142 g/mol. The molecule has 0 saturated carbocycles. The minimum absolute atomic E-state index is 0.0181. The van der Waals surface area contributed by atoms with E-state index in [0.29, 0.717) is 6.61 Å². The quantitative estimate of drug-likeness (QED) is 0.471. The molecule has 0 saturated heterocycles. The van der Waals surface area contributed by atoms with Crippen molar-refractivity contribution < 1.29 is 9.57 Å². The third-order valence-electron chi connectivity index (χ3n) is 1.21. The molecule has 1 aliphatic heterocycles. The fraction of sp³-hybridized carbons (Fsp3) is 0.500. The van der Waals surface area contributed by atoms with Gasteiger partial charge in [-0.25, -0.2) is 5.48 Å². The predicted molar refractivity (Wildman–Crippen MR) is 41.4 cm³/mol. The second-order valence-corrected chi connectivity index (χ2v) is 2.15. The van der Waals surface area contributed by atoms with Crippen molar-refractivity contribution in [1.82, 2.24) is 5.48 Å². The summed E-state index contributed by atoms with van der Waals surface area (Å²) in [4.78, 5) is 4.91. The van der Waals surface area contributed by atoms with Crippen molar-refractivity contribution >= 4 is 0 Å². The number of allylic oxidation sites excluding steroid dienone is 1. The van der Waals surface area contributed by atoms with Crippen LogP contribution in [0.3, 0.4) is 0 Å². The number of hydrogen-bond donors (Lipinski definition) is 1. The molecule has 1 unspecified atom stereocenters. The maximum Gasteiger partial charge on any atom is 0.156 e. The maximum absolute atomic E-state index is 5.31. The van der Waals surface area contributed by atoms with E-state index in [2.05, 4.69) is 17.3 Å².